The molecule has 0 heterocycles. The smallest absolute Gasteiger partial charge is 0.349 e. The molecule has 0 spiro atoms. The van der Waals surface area contributed by atoms with E-state index in [-0.39, 0.29) is 0 Å². The maximum atomic E-state index is 11.8. The van der Waals surface area contributed by atoms with E-state index in [1.165, 1.54) is 41.5 Å². The van der Waals surface area contributed by atoms with Crippen LogP contribution < -0.4 is 0 Å². The van der Waals surface area contributed by atoms with Gasteiger partial charge in [0.1, 0.15) is 0 Å². The summed E-state index contributed by atoms with van der Waals surface area (Å²) in [7, 11) is 0. The van der Waals surface area contributed by atoms with Gasteiger partial charge in [0.2, 0.25) is 12.2 Å². The average Bonchev–Trinajstić information content (AvgIpc) is 2.29. The highest BCUT2D eigenvalue weighted by Crippen LogP contribution is 2.21. The first-order valence-corrected chi connectivity index (χ1v) is 6.55. The summed E-state index contributed by atoms with van der Waals surface area (Å²) in [6, 6.07) is 0. The number of rotatable bonds is 5. The first kappa shape index (κ1) is 19.9. The molecule has 0 aromatic carbocycles. The summed E-state index contributed by atoms with van der Waals surface area (Å²) in [5, 5.41) is 18.2. The van der Waals surface area contributed by atoms with Gasteiger partial charge in [-0.1, -0.05) is 0 Å². The maximum absolute atomic E-state index is 11.8. The number of carbonyl (C=O) groups excluding carboxylic acids is 2. The van der Waals surface area contributed by atoms with Crippen LogP contribution in [0.15, 0.2) is 0 Å². The lowest BCUT2D eigenvalue weighted by Gasteiger charge is -2.26. The van der Waals surface area contributed by atoms with Crippen molar-refractivity contribution in [3.8, 4) is 0 Å². The molecule has 0 aliphatic carbocycles. The molecular weight excluding hydrogens is 296 g/mol. The van der Waals surface area contributed by atoms with Crippen LogP contribution in [0.3, 0.4) is 0 Å². The topological polar surface area (TPSA) is 127 Å². The Morgan fingerprint density at radius 1 is 0.682 bits per heavy atom. The van der Waals surface area contributed by atoms with Crippen LogP contribution in [-0.4, -0.2) is 46.3 Å². The summed E-state index contributed by atoms with van der Waals surface area (Å²) in [5.41, 5.74) is -2.07. The summed E-state index contributed by atoms with van der Waals surface area (Å²) >= 11 is 0. The van der Waals surface area contributed by atoms with E-state index < -0.39 is 46.9 Å². The van der Waals surface area contributed by atoms with Crippen LogP contribution in [0.4, 0.5) is 0 Å². The largest absolute Gasteiger partial charge is 0.478 e. The van der Waals surface area contributed by atoms with Crippen molar-refractivity contribution in [3.05, 3.63) is 0 Å². The van der Waals surface area contributed by atoms with E-state index >= 15 is 0 Å². The second-order valence-corrected chi connectivity index (χ2v) is 6.83. The van der Waals surface area contributed by atoms with Gasteiger partial charge in [-0.3, -0.25) is 9.59 Å². The molecular formula is C14H22O8. The van der Waals surface area contributed by atoms with Gasteiger partial charge in [-0.2, -0.15) is 0 Å². The summed E-state index contributed by atoms with van der Waals surface area (Å²) in [4.78, 5) is 46.0. The zero-order chi connectivity index (χ0) is 17.9. The van der Waals surface area contributed by atoms with Crippen molar-refractivity contribution in [2.45, 2.75) is 53.8 Å². The molecule has 0 amide bonds. The van der Waals surface area contributed by atoms with Gasteiger partial charge in [0, 0.05) is 0 Å². The van der Waals surface area contributed by atoms with Crippen LogP contribution in [0.5, 0.6) is 0 Å². The minimum Gasteiger partial charge on any atom is -0.478 e. The van der Waals surface area contributed by atoms with Crippen molar-refractivity contribution in [1.29, 1.82) is 0 Å². The molecule has 1 unspecified atom stereocenters. The van der Waals surface area contributed by atoms with Crippen molar-refractivity contribution < 1.29 is 38.9 Å². The SMILES string of the molecule is CC(C)(C)C(=O)OC(C(=O)O)[C@H](OC(=O)C(C)(C)C)C(=O)O. The van der Waals surface area contributed by atoms with Crippen LogP contribution in [0.1, 0.15) is 41.5 Å². The molecule has 0 saturated carbocycles. The third-order valence-corrected chi connectivity index (χ3v) is 2.45. The molecule has 0 aliphatic heterocycles. The first-order chi connectivity index (χ1) is 9.67. The van der Waals surface area contributed by atoms with E-state index in [0.717, 1.165) is 0 Å². The first-order valence-electron chi connectivity index (χ1n) is 6.55. The van der Waals surface area contributed by atoms with Gasteiger partial charge >= 0.3 is 23.9 Å². The molecule has 22 heavy (non-hydrogen) atoms. The van der Waals surface area contributed by atoms with Crippen molar-refractivity contribution in [1.82, 2.24) is 0 Å². The highest BCUT2D eigenvalue weighted by atomic mass is 16.6. The molecule has 2 atom stereocenters. The third-order valence-electron chi connectivity index (χ3n) is 2.45. The molecule has 0 saturated heterocycles. The predicted molar refractivity (Wildman–Crippen MR) is 73.9 cm³/mol. The number of hydrogen-bond acceptors (Lipinski definition) is 6. The van der Waals surface area contributed by atoms with E-state index in [4.69, 9.17) is 19.7 Å². The Hall–Kier alpha value is -2.12. The monoisotopic (exact) mass is 318 g/mol. The van der Waals surface area contributed by atoms with Gasteiger partial charge in [0.25, 0.3) is 0 Å². The molecule has 8 nitrogen and oxygen atoms in total. The molecule has 2 N–H and O–H groups in total. The molecule has 0 fully saturated rings. The normalized spacial score (nSPS) is 14.6. The molecule has 8 heteroatoms. The number of carboxylic acids is 2. The van der Waals surface area contributed by atoms with Gasteiger partial charge in [0.05, 0.1) is 10.8 Å². The predicted octanol–water partition coefficient (Wildman–Crippen LogP) is 1.07. The van der Waals surface area contributed by atoms with Crippen LogP contribution in [0.2, 0.25) is 0 Å². The number of hydrogen-bond donors (Lipinski definition) is 2. The molecule has 0 bridgehead atoms. The average molecular weight is 318 g/mol. The van der Waals surface area contributed by atoms with Gasteiger partial charge < -0.3 is 19.7 Å². The molecule has 126 valence electrons. The van der Waals surface area contributed by atoms with Crippen LogP contribution in [-0.2, 0) is 28.7 Å². The molecule has 0 radical (unpaired) electrons. The van der Waals surface area contributed by atoms with E-state index in [1.807, 2.05) is 0 Å². The standard InChI is InChI=1S/C14H22O8/c1-13(2,3)11(19)21-7(9(15)16)8(10(17)18)22-12(20)14(4,5)6/h7-8H,1-6H3,(H,15,16)(H,17,18)/t7-,8?/m0/s1. The van der Waals surface area contributed by atoms with Crippen LogP contribution >= 0.6 is 0 Å². The number of carbonyl (C=O) groups is 4. The molecule has 0 aromatic heterocycles. The number of esters is 2. The van der Waals surface area contributed by atoms with Crippen molar-refractivity contribution in [3.63, 3.8) is 0 Å². The molecule has 0 aromatic rings. The zero-order valence-corrected chi connectivity index (χ0v) is 13.5. The minimum atomic E-state index is -2.13. The Morgan fingerprint density at radius 2 is 0.909 bits per heavy atom. The number of aliphatic carboxylic acids is 2. The van der Waals surface area contributed by atoms with Gasteiger partial charge in [-0.25, -0.2) is 9.59 Å². The fraction of sp³-hybridized carbons (Fsp3) is 0.714. The van der Waals surface area contributed by atoms with E-state index in [9.17, 15) is 19.2 Å². The number of ether oxygens (including phenoxy) is 2. The zero-order valence-electron chi connectivity index (χ0n) is 13.5. The highest BCUT2D eigenvalue weighted by molar-refractivity contribution is 5.89. The highest BCUT2D eigenvalue weighted by Gasteiger charge is 2.43. The lowest BCUT2D eigenvalue weighted by atomic mass is 9.96. The van der Waals surface area contributed by atoms with Gasteiger partial charge in [0.15, 0.2) is 0 Å². The van der Waals surface area contributed by atoms with E-state index in [2.05, 4.69) is 0 Å². The summed E-state index contributed by atoms with van der Waals surface area (Å²) in [6.45, 7) is 8.86. The summed E-state index contributed by atoms with van der Waals surface area (Å²) in [6.07, 6.45) is -4.26. The molecule has 0 rings (SSSR count). The van der Waals surface area contributed by atoms with Crippen molar-refractivity contribution in [2.24, 2.45) is 10.8 Å². The quantitative estimate of drug-likeness (QED) is 0.721. The van der Waals surface area contributed by atoms with Crippen LogP contribution in [0, 0.1) is 10.8 Å². The van der Waals surface area contributed by atoms with Crippen molar-refractivity contribution >= 4 is 23.9 Å². The minimum absolute atomic E-state index is 0.919. The summed E-state index contributed by atoms with van der Waals surface area (Å²) in [5.74, 6) is -5.27. The lowest BCUT2D eigenvalue weighted by Crippen LogP contribution is -2.48. The van der Waals surface area contributed by atoms with E-state index in [1.54, 1.807) is 0 Å². The fourth-order valence-corrected chi connectivity index (χ4v) is 1.07. The summed E-state index contributed by atoms with van der Waals surface area (Å²) < 4.78 is 9.43. The van der Waals surface area contributed by atoms with Gasteiger partial charge in [-0.05, 0) is 41.5 Å². The third kappa shape index (κ3) is 5.71. The number of carboxylic acid groups (broad SMARTS) is 2. The fourth-order valence-electron chi connectivity index (χ4n) is 1.07. The second kappa shape index (κ2) is 6.76. The maximum Gasteiger partial charge on any atom is 0.349 e. The lowest BCUT2D eigenvalue weighted by molar-refractivity contribution is -0.193. The van der Waals surface area contributed by atoms with Crippen molar-refractivity contribution in [2.75, 3.05) is 0 Å². The Labute approximate surface area is 128 Å². The Bertz CT molecular complexity index is 422. The molecule has 0 aliphatic rings. The Morgan fingerprint density at radius 3 is 1.05 bits per heavy atom. The Kier molecular flexibility index (Phi) is 6.11. The van der Waals surface area contributed by atoms with Crippen LogP contribution in [0.25, 0.3) is 0 Å². The Balaban J connectivity index is 5.39. The second-order valence-electron chi connectivity index (χ2n) is 6.83. The van der Waals surface area contributed by atoms with Gasteiger partial charge in [-0.15, -0.1) is 0 Å². The van der Waals surface area contributed by atoms with E-state index in [0.29, 0.717) is 0 Å².